The van der Waals surface area contributed by atoms with E-state index in [1.165, 1.54) is 42.6 Å². The van der Waals surface area contributed by atoms with Crippen molar-refractivity contribution >= 4 is 0 Å². The van der Waals surface area contributed by atoms with Gasteiger partial charge < -0.3 is 5.32 Å². The van der Waals surface area contributed by atoms with Crippen molar-refractivity contribution in [3.63, 3.8) is 0 Å². The number of hydrogen-bond acceptors (Lipinski definition) is 3. The second-order valence-corrected chi connectivity index (χ2v) is 4.24. The van der Waals surface area contributed by atoms with E-state index in [9.17, 15) is 0 Å². The number of aryl methyl sites for hydroxylation is 2. The summed E-state index contributed by atoms with van der Waals surface area (Å²) >= 11 is 0. The molecule has 0 fully saturated rings. The van der Waals surface area contributed by atoms with E-state index in [-0.39, 0.29) is 0 Å². The van der Waals surface area contributed by atoms with Crippen molar-refractivity contribution in [2.45, 2.75) is 45.6 Å². The molecule has 82 valence electrons. The Balaban J connectivity index is 2.35. The number of fused-ring (bicyclic) bond motifs is 1. The molecule has 3 nitrogen and oxygen atoms in total. The highest BCUT2D eigenvalue weighted by atomic mass is 15.0. The van der Waals surface area contributed by atoms with Gasteiger partial charge in [0, 0.05) is 11.4 Å². The Hall–Kier alpha value is -0.960. The molecule has 1 aromatic heterocycles. The van der Waals surface area contributed by atoms with E-state index in [0.717, 1.165) is 18.8 Å². The van der Waals surface area contributed by atoms with Crippen LogP contribution in [0.2, 0.25) is 0 Å². The van der Waals surface area contributed by atoms with Gasteiger partial charge in [-0.05, 0) is 45.2 Å². The highest BCUT2D eigenvalue weighted by molar-refractivity contribution is 5.26. The highest BCUT2D eigenvalue weighted by Gasteiger charge is 2.13. The first-order valence-corrected chi connectivity index (χ1v) is 5.81. The molecule has 0 unspecified atom stereocenters. The quantitative estimate of drug-likeness (QED) is 0.748. The van der Waals surface area contributed by atoms with Gasteiger partial charge in [0.25, 0.3) is 0 Å². The molecule has 1 aromatic rings. The molecule has 1 aliphatic carbocycles. The zero-order valence-electron chi connectivity index (χ0n) is 9.64. The van der Waals surface area contributed by atoms with E-state index >= 15 is 0 Å². The van der Waals surface area contributed by atoms with Crippen LogP contribution in [-0.2, 0) is 19.4 Å². The first-order chi connectivity index (χ1) is 7.31. The van der Waals surface area contributed by atoms with Crippen LogP contribution in [0.25, 0.3) is 0 Å². The Labute approximate surface area is 91.3 Å². The Morgan fingerprint density at radius 3 is 2.73 bits per heavy atom. The van der Waals surface area contributed by atoms with Gasteiger partial charge in [-0.1, -0.05) is 6.42 Å². The molecular weight excluding hydrogens is 186 g/mol. The number of aromatic nitrogens is 2. The van der Waals surface area contributed by atoms with Gasteiger partial charge in [-0.25, -0.2) is 9.97 Å². The minimum atomic E-state index is 0.772. The molecule has 15 heavy (non-hydrogen) atoms. The standard InChI is InChI=1S/C12H19N3/c1-9-10-6-4-3-5-7-11(10)15-12(14-9)8-13-2/h13H,3-8H2,1-2H3. The summed E-state index contributed by atoms with van der Waals surface area (Å²) in [5, 5.41) is 3.11. The normalized spacial score (nSPS) is 15.9. The van der Waals surface area contributed by atoms with E-state index < -0.39 is 0 Å². The highest BCUT2D eigenvalue weighted by Crippen LogP contribution is 2.21. The SMILES string of the molecule is CNCc1nc(C)c2c(n1)CCCCC2. The lowest BCUT2D eigenvalue weighted by Gasteiger charge is -2.10. The molecule has 0 radical (unpaired) electrons. The van der Waals surface area contributed by atoms with Gasteiger partial charge in [0.1, 0.15) is 5.82 Å². The first-order valence-electron chi connectivity index (χ1n) is 5.81. The van der Waals surface area contributed by atoms with Crippen LogP contribution in [0.4, 0.5) is 0 Å². The Kier molecular flexibility index (Phi) is 3.31. The van der Waals surface area contributed by atoms with Crippen molar-refractivity contribution in [1.29, 1.82) is 0 Å². The summed E-state index contributed by atoms with van der Waals surface area (Å²) in [6.45, 7) is 2.89. The molecule has 2 rings (SSSR count). The summed E-state index contributed by atoms with van der Waals surface area (Å²) in [6, 6.07) is 0. The maximum Gasteiger partial charge on any atom is 0.142 e. The van der Waals surface area contributed by atoms with E-state index in [1.54, 1.807) is 0 Å². The van der Waals surface area contributed by atoms with Gasteiger partial charge in [-0.2, -0.15) is 0 Å². The van der Waals surface area contributed by atoms with Crippen molar-refractivity contribution in [1.82, 2.24) is 15.3 Å². The lowest BCUT2D eigenvalue weighted by molar-refractivity contribution is 0.705. The third kappa shape index (κ3) is 2.34. The molecule has 0 saturated carbocycles. The molecule has 0 bridgehead atoms. The lowest BCUT2D eigenvalue weighted by Crippen LogP contribution is -2.13. The van der Waals surface area contributed by atoms with Crippen molar-refractivity contribution in [3.05, 3.63) is 22.8 Å². The van der Waals surface area contributed by atoms with Crippen LogP contribution in [0.5, 0.6) is 0 Å². The van der Waals surface area contributed by atoms with Crippen molar-refractivity contribution in [2.24, 2.45) is 0 Å². The molecule has 1 N–H and O–H groups in total. The molecule has 0 saturated heterocycles. The molecular formula is C12H19N3. The minimum Gasteiger partial charge on any atom is -0.313 e. The zero-order valence-corrected chi connectivity index (χ0v) is 9.64. The van der Waals surface area contributed by atoms with Crippen molar-refractivity contribution < 1.29 is 0 Å². The van der Waals surface area contributed by atoms with Gasteiger partial charge in [-0.3, -0.25) is 0 Å². The molecule has 0 aromatic carbocycles. The third-order valence-electron chi connectivity index (χ3n) is 3.02. The van der Waals surface area contributed by atoms with E-state index in [4.69, 9.17) is 0 Å². The van der Waals surface area contributed by atoms with E-state index in [2.05, 4.69) is 22.2 Å². The maximum absolute atomic E-state index is 4.65. The van der Waals surface area contributed by atoms with Crippen LogP contribution < -0.4 is 5.32 Å². The molecule has 0 amide bonds. The molecule has 0 aliphatic heterocycles. The van der Waals surface area contributed by atoms with Crippen LogP contribution in [-0.4, -0.2) is 17.0 Å². The second kappa shape index (κ2) is 4.71. The minimum absolute atomic E-state index is 0.772. The summed E-state index contributed by atoms with van der Waals surface area (Å²) in [5.41, 5.74) is 3.89. The summed E-state index contributed by atoms with van der Waals surface area (Å²) < 4.78 is 0. The largest absolute Gasteiger partial charge is 0.313 e. The van der Waals surface area contributed by atoms with Crippen molar-refractivity contribution in [2.75, 3.05) is 7.05 Å². The molecule has 0 atom stereocenters. The Bertz CT molecular complexity index is 347. The van der Waals surface area contributed by atoms with Crippen molar-refractivity contribution in [3.8, 4) is 0 Å². The Morgan fingerprint density at radius 2 is 1.93 bits per heavy atom. The fourth-order valence-electron chi connectivity index (χ4n) is 2.26. The van der Waals surface area contributed by atoms with E-state index in [1.807, 2.05) is 7.05 Å². The van der Waals surface area contributed by atoms with Gasteiger partial charge in [0.15, 0.2) is 0 Å². The fraction of sp³-hybridized carbons (Fsp3) is 0.667. The number of nitrogens with zero attached hydrogens (tertiary/aromatic N) is 2. The zero-order chi connectivity index (χ0) is 10.7. The summed E-state index contributed by atoms with van der Waals surface area (Å²) in [6.07, 6.45) is 6.21. The smallest absolute Gasteiger partial charge is 0.142 e. The van der Waals surface area contributed by atoms with Crippen LogP contribution in [0.15, 0.2) is 0 Å². The fourth-order valence-corrected chi connectivity index (χ4v) is 2.26. The molecule has 3 heteroatoms. The topological polar surface area (TPSA) is 37.8 Å². The number of hydrogen-bond donors (Lipinski definition) is 1. The van der Waals surface area contributed by atoms with Gasteiger partial charge in [0.05, 0.1) is 6.54 Å². The van der Waals surface area contributed by atoms with Gasteiger partial charge in [0.2, 0.25) is 0 Å². The average Bonchev–Trinajstić information content (AvgIpc) is 2.43. The van der Waals surface area contributed by atoms with Gasteiger partial charge >= 0.3 is 0 Å². The van der Waals surface area contributed by atoms with Gasteiger partial charge in [-0.15, -0.1) is 0 Å². The van der Waals surface area contributed by atoms with Crippen LogP contribution in [0.1, 0.15) is 42.0 Å². The monoisotopic (exact) mass is 205 g/mol. The number of nitrogens with one attached hydrogen (secondary N) is 1. The lowest BCUT2D eigenvalue weighted by atomic mass is 10.1. The summed E-state index contributed by atoms with van der Waals surface area (Å²) in [7, 11) is 1.93. The predicted octanol–water partition coefficient (Wildman–Crippen LogP) is 1.77. The Morgan fingerprint density at radius 1 is 1.13 bits per heavy atom. The van der Waals surface area contributed by atoms with Crippen LogP contribution in [0, 0.1) is 6.92 Å². The second-order valence-electron chi connectivity index (χ2n) is 4.24. The third-order valence-corrected chi connectivity index (χ3v) is 3.02. The van der Waals surface area contributed by atoms with E-state index in [0.29, 0.717) is 0 Å². The average molecular weight is 205 g/mol. The molecule has 1 heterocycles. The molecule has 1 aliphatic rings. The number of rotatable bonds is 2. The van der Waals surface area contributed by atoms with Crippen LogP contribution in [0.3, 0.4) is 0 Å². The maximum atomic E-state index is 4.65. The predicted molar refractivity (Wildman–Crippen MR) is 60.8 cm³/mol. The van der Waals surface area contributed by atoms with Crippen LogP contribution >= 0.6 is 0 Å². The summed E-state index contributed by atoms with van der Waals surface area (Å²) in [5.74, 6) is 0.940. The summed E-state index contributed by atoms with van der Waals surface area (Å²) in [4.78, 5) is 9.19. The first kappa shape index (κ1) is 10.6. The molecule has 0 spiro atoms.